The largest absolute Gasteiger partial charge is 0.444 e. The van der Waals surface area contributed by atoms with Crippen molar-refractivity contribution in [3.63, 3.8) is 0 Å². The lowest BCUT2D eigenvalue weighted by atomic mass is 10.2. The summed E-state index contributed by atoms with van der Waals surface area (Å²) in [6.07, 6.45) is -0.329. The van der Waals surface area contributed by atoms with E-state index in [1.165, 1.54) is 30.1 Å². The van der Waals surface area contributed by atoms with Gasteiger partial charge >= 0.3 is 16.3 Å². The van der Waals surface area contributed by atoms with E-state index in [4.69, 9.17) is 4.74 Å². The second kappa shape index (κ2) is 8.53. The maximum Gasteiger partial charge on any atom is 0.410 e. The van der Waals surface area contributed by atoms with Crippen molar-refractivity contribution < 1.29 is 31.1 Å². The molecule has 0 atom stereocenters. The monoisotopic (exact) mass is 471 g/mol. The van der Waals surface area contributed by atoms with Crippen LogP contribution in [0.4, 0.5) is 35.0 Å². The van der Waals surface area contributed by atoms with Gasteiger partial charge < -0.3 is 9.64 Å². The zero-order valence-corrected chi connectivity index (χ0v) is 18.9. The van der Waals surface area contributed by atoms with Crippen LogP contribution < -0.4 is 8.61 Å². The van der Waals surface area contributed by atoms with Crippen molar-refractivity contribution in [2.75, 3.05) is 28.7 Å². The van der Waals surface area contributed by atoms with Crippen LogP contribution >= 0.6 is 0 Å². The second-order valence-electron chi connectivity index (χ2n) is 8.31. The number of fused-ring (bicyclic) bond motifs is 1. The quantitative estimate of drug-likeness (QED) is 0.641. The Kier molecular flexibility index (Phi) is 6.32. The minimum absolute atomic E-state index is 0.0393. The molecule has 0 saturated heterocycles. The van der Waals surface area contributed by atoms with Crippen molar-refractivity contribution in [1.82, 2.24) is 4.90 Å². The number of para-hydroxylation sites is 2. The smallest absolute Gasteiger partial charge is 0.410 e. The normalized spacial score (nSPS) is 15.0. The van der Waals surface area contributed by atoms with Gasteiger partial charge in [0.2, 0.25) is 0 Å². The minimum atomic E-state index is -4.42. The van der Waals surface area contributed by atoms with Gasteiger partial charge in [0.15, 0.2) is 11.6 Å². The summed E-state index contributed by atoms with van der Waals surface area (Å²) in [4.78, 5) is 13.4. The van der Waals surface area contributed by atoms with Crippen molar-refractivity contribution in [2.45, 2.75) is 32.8 Å². The zero-order valence-electron chi connectivity index (χ0n) is 18.1. The summed E-state index contributed by atoms with van der Waals surface area (Å²) < 4.78 is 75.6. The van der Waals surface area contributed by atoms with Crippen LogP contribution in [0, 0.1) is 17.5 Å². The highest BCUT2D eigenvalue weighted by Crippen LogP contribution is 2.46. The molecular formula is C21H24F3N3O4S. The summed E-state index contributed by atoms with van der Waals surface area (Å²) in [5.41, 5.74) is -1.30. The van der Waals surface area contributed by atoms with Gasteiger partial charge in [-0.2, -0.15) is 8.42 Å². The van der Waals surface area contributed by atoms with Gasteiger partial charge in [-0.25, -0.2) is 22.3 Å². The van der Waals surface area contributed by atoms with Gasteiger partial charge in [-0.3, -0.25) is 4.31 Å². The van der Waals surface area contributed by atoms with Gasteiger partial charge in [0.25, 0.3) is 0 Å². The number of carbonyl (C=O) groups excluding carboxylic acids is 1. The Morgan fingerprint density at radius 3 is 2.19 bits per heavy atom. The number of anilines is 3. The fourth-order valence-corrected chi connectivity index (χ4v) is 5.04. The molecule has 0 aliphatic carbocycles. The molecule has 2 aromatic rings. The molecule has 0 bridgehead atoms. The van der Waals surface area contributed by atoms with E-state index >= 15 is 0 Å². The molecular weight excluding hydrogens is 447 g/mol. The number of carbonyl (C=O) groups is 1. The van der Waals surface area contributed by atoms with Crippen LogP contribution in [-0.2, 0) is 14.9 Å². The first-order chi connectivity index (χ1) is 14.8. The molecule has 7 nitrogen and oxygen atoms in total. The Balaban J connectivity index is 1.86. The predicted molar refractivity (Wildman–Crippen MR) is 115 cm³/mol. The molecule has 1 heterocycles. The topological polar surface area (TPSA) is 70.2 Å². The van der Waals surface area contributed by atoms with Crippen LogP contribution in [0.3, 0.4) is 0 Å². The average molecular weight is 472 g/mol. The number of amides is 1. The van der Waals surface area contributed by atoms with Crippen molar-refractivity contribution in [1.29, 1.82) is 0 Å². The third-order valence-corrected chi connectivity index (χ3v) is 6.40. The van der Waals surface area contributed by atoms with Crippen LogP contribution in [0.5, 0.6) is 0 Å². The van der Waals surface area contributed by atoms with Gasteiger partial charge in [0.05, 0.1) is 11.4 Å². The summed E-state index contributed by atoms with van der Waals surface area (Å²) in [7, 11) is -2.89. The molecule has 1 aliphatic heterocycles. The van der Waals surface area contributed by atoms with Crippen molar-refractivity contribution in [2.24, 2.45) is 0 Å². The molecule has 1 aliphatic rings. The maximum atomic E-state index is 14.4. The van der Waals surface area contributed by atoms with Crippen LogP contribution in [0.1, 0.15) is 27.2 Å². The lowest BCUT2D eigenvalue weighted by Gasteiger charge is -2.26. The van der Waals surface area contributed by atoms with E-state index in [1.54, 1.807) is 26.8 Å². The van der Waals surface area contributed by atoms with E-state index < -0.39 is 45.0 Å². The second-order valence-corrected chi connectivity index (χ2v) is 10.0. The number of ether oxygens (including phenoxy) is 1. The zero-order chi connectivity index (χ0) is 23.8. The lowest BCUT2D eigenvalue weighted by molar-refractivity contribution is 0.0298. The number of hydrogen-bond acceptors (Lipinski definition) is 4. The first kappa shape index (κ1) is 23.7. The van der Waals surface area contributed by atoms with Gasteiger partial charge in [0.1, 0.15) is 17.1 Å². The fraction of sp³-hybridized carbons (Fsp3) is 0.381. The molecule has 11 heteroatoms. The van der Waals surface area contributed by atoms with Crippen LogP contribution in [-0.4, -0.2) is 45.1 Å². The minimum Gasteiger partial charge on any atom is -0.444 e. The number of benzene rings is 2. The molecule has 0 saturated carbocycles. The van der Waals surface area contributed by atoms with Gasteiger partial charge in [-0.1, -0.05) is 12.1 Å². The summed E-state index contributed by atoms with van der Waals surface area (Å²) in [5, 5.41) is 0. The Bertz CT molecular complexity index is 1110. The van der Waals surface area contributed by atoms with E-state index in [2.05, 4.69) is 0 Å². The third-order valence-electron chi connectivity index (χ3n) is 4.62. The molecule has 0 fully saturated rings. The molecule has 0 spiro atoms. The molecule has 1 amide bonds. The number of halogens is 3. The number of rotatable bonds is 5. The Morgan fingerprint density at radius 2 is 1.62 bits per heavy atom. The molecule has 3 rings (SSSR count). The molecule has 0 N–H and O–H groups in total. The van der Waals surface area contributed by atoms with Crippen LogP contribution in [0.2, 0.25) is 0 Å². The van der Waals surface area contributed by atoms with Crippen molar-refractivity contribution in [3.8, 4) is 0 Å². The number of hydrogen-bond donors (Lipinski definition) is 0. The highest BCUT2D eigenvalue weighted by molar-refractivity contribution is 7.95. The molecule has 2 aromatic carbocycles. The summed E-state index contributed by atoms with van der Waals surface area (Å²) in [6, 6.07) is 6.88. The fourth-order valence-electron chi connectivity index (χ4n) is 3.28. The summed E-state index contributed by atoms with van der Waals surface area (Å²) in [5.74, 6) is -3.84. The summed E-state index contributed by atoms with van der Waals surface area (Å²) in [6.45, 7) is 5.31. The van der Waals surface area contributed by atoms with E-state index in [0.29, 0.717) is 16.4 Å². The van der Waals surface area contributed by atoms with E-state index in [0.717, 1.165) is 4.31 Å². The maximum absolute atomic E-state index is 14.4. The van der Waals surface area contributed by atoms with E-state index in [-0.39, 0.29) is 30.9 Å². The van der Waals surface area contributed by atoms with Crippen molar-refractivity contribution in [3.05, 3.63) is 53.8 Å². The Hall–Kier alpha value is -2.95. The standard InChI is InChI=1S/C21H24F3N3O4S/c1-21(2,3)31-20(28)25(4)10-7-11-26-17-8-5-6-9-18(17)27(32(26,29)30)19-15(23)12-14(22)13-16(19)24/h5-6,8-9,12-13H,7,10-11H2,1-4H3. The van der Waals surface area contributed by atoms with E-state index in [1.807, 2.05) is 0 Å². The first-order valence-electron chi connectivity index (χ1n) is 9.83. The molecule has 0 radical (unpaired) electrons. The Morgan fingerprint density at radius 1 is 1.06 bits per heavy atom. The van der Waals surface area contributed by atoms with E-state index in [9.17, 15) is 26.4 Å². The molecule has 32 heavy (non-hydrogen) atoms. The van der Waals surface area contributed by atoms with Crippen LogP contribution in [0.15, 0.2) is 36.4 Å². The van der Waals surface area contributed by atoms with Crippen LogP contribution in [0.25, 0.3) is 0 Å². The average Bonchev–Trinajstić information content (AvgIpc) is 2.87. The summed E-state index contributed by atoms with van der Waals surface area (Å²) >= 11 is 0. The lowest BCUT2D eigenvalue weighted by Crippen LogP contribution is -2.39. The predicted octanol–water partition coefficient (Wildman–Crippen LogP) is 4.56. The molecule has 174 valence electrons. The van der Waals surface area contributed by atoms with Gasteiger partial charge in [0, 0.05) is 32.3 Å². The number of nitrogens with zero attached hydrogens (tertiary/aromatic N) is 3. The third kappa shape index (κ3) is 4.62. The Labute approximate surface area is 185 Å². The van der Waals surface area contributed by atoms with Crippen molar-refractivity contribution >= 4 is 33.4 Å². The van der Waals surface area contributed by atoms with Gasteiger partial charge in [-0.05, 0) is 39.3 Å². The molecule has 0 unspecified atom stereocenters. The molecule has 0 aromatic heterocycles. The highest BCUT2D eigenvalue weighted by Gasteiger charge is 2.43. The van der Waals surface area contributed by atoms with Gasteiger partial charge in [-0.15, -0.1) is 0 Å². The first-order valence-corrected chi connectivity index (χ1v) is 11.2. The highest BCUT2D eigenvalue weighted by atomic mass is 32.2. The SMILES string of the molecule is CN(CCCN1c2ccccc2N(c2c(F)cc(F)cc2F)S1(=O)=O)C(=O)OC(C)(C)C.